The number of benzene rings is 2. The molecule has 0 radical (unpaired) electrons. The molecular formula is C22H19ClN2O6S. The van der Waals surface area contributed by atoms with Gasteiger partial charge in [0.05, 0.1) is 35.5 Å². The molecule has 2 aromatic carbocycles. The molecule has 0 saturated heterocycles. The van der Waals surface area contributed by atoms with Crippen molar-refractivity contribution >= 4 is 40.5 Å². The van der Waals surface area contributed by atoms with Gasteiger partial charge < -0.3 is 24.3 Å². The van der Waals surface area contributed by atoms with E-state index in [-0.39, 0.29) is 29.5 Å². The number of anilines is 1. The van der Waals surface area contributed by atoms with Gasteiger partial charge in [0.25, 0.3) is 0 Å². The van der Waals surface area contributed by atoms with Crippen LogP contribution in [0.3, 0.4) is 0 Å². The Morgan fingerprint density at radius 3 is 2.88 bits per heavy atom. The molecule has 166 valence electrons. The maximum atomic E-state index is 12.4. The Morgan fingerprint density at radius 1 is 1.22 bits per heavy atom. The number of halogens is 1. The van der Waals surface area contributed by atoms with Crippen molar-refractivity contribution in [3.05, 3.63) is 63.1 Å². The molecule has 1 N–H and O–H groups in total. The highest BCUT2D eigenvalue weighted by Crippen LogP contribution is 2.38. The van der Waals surface area contributed by atoms with Gasteiger partial charge in [-0.3, -0.25) is 4.79 Å². The molecule has 1 aliphatic heterocycles. The van der Waals surface area contributed by atoms with Crippen molar-refractivity contribution in [3.8, 4) is 17.2 Å². The minimum absolute atomic E-state index is 0.0322. The molecule has 8 nitrogen and oxygen atoms in total. The number of hydrogen-bond donors (Lipinski definition) is 1. The van der Waals surface area contributed by atoms with E-state index in [1.54, 1.807) is 17.5 Å². The summed E-state index contributed by atoms with van der Waals surface area (Å²) in [6.07, 6.45) is 0.0917. The number of thiazole rings is 1. The summed E-state index contributed by atoms with van der Waals surface area (Å²) in [5.41, 5.74) is 1.39. The van der Waals surface area contributed by atoms with E-state index in [4.69, 9.17) is 30.5 Å². The zero-order chi connectivity index (χ0) is 22.5. The fourth-order valence-corrected chi connectivity index (χ4v) is 4.07. The van der Waals surface area contributed by atoms with Crippen LogP contribution in [0.25, 0.3) is 0 Å². The number of aromatic nitrogens is 1. The van der Waals surface area contributed by atoms with E-state index in [0.29, 0.717) is 46.9 Å². The summed E-state index contributed by atoms with van der Waals surface area (Å²) in [4.78, 5) is 29.1. The lowest BCUT2D eigenvalue weighted by Gasteiger charge is -2.19. The molecule has 10 heteroatoms. The number of rotatable bonds is 7. The van der Waals surface area contributed by atoms with Gasteiger partial charge in [0.2, 0.25) is 5.91 Å². The van der Waals surface area contributed by atoms with Crippen molar-refractivity contribution in [1.29, 1.82) is 0 Å². The molecule has 0 saturated carbocycles. The van der Waals surface area contributed by atoms with Crippen LogP contribution >= 0.6 is 22.9 Å². The quantitative estimate of drug-likeness (QED) is 0.514. The second kappa shape index (κ2) is 9.88. The molecule has 1 aromatic heterocycles. The smallest absolute Gasteiger partial charge is 0.338 e. The van der Waals surface area contributed by atoms with Crippen molar-refractivity contribution in [1.82, 2.24) is 4.98 Å². The van der Waals surface area contributed by atoms with Gasteiger partial charge >= 0.3 is 5.97 Å². The summed E-state index contributed by atoms with van der Waals surface area (Å²) in [5, 5.41) is 5.44. The molecular weight excluding hydrogens is 456 g/mol. The first-order valence-electron chi connectivity index (χ1n) is 9.66. The molecule has 0 aliphatic carbocycles. The van der Waals surface area contributed by atoms with Crippen molar-refractivity contribution in [3.63, 3.8) is 0 Å². The number of nitrogens with zero attached hydrogens (tertiary/aromatic N) is 1. The maximum absolute atomic E-state index is 12.4. The number of methoxy groups -OCH3 is 1. The van der Waals surface area contributed by atoms with Crippen molar-refractivity contribution in [2.45, 2.75) is 13.0 Å². The van der Waals surface area contributed by atoms with Crippen LogP contribution in [0.5, 0.6) is 17.2 Å². The molecule has 1 aliphatic rings. The van der Waals surface area contributed by atoms with E-state index in [1.165, 1.54) is 30.6 Å². The lowest BCUT2D eigenvalue weighted by molar-refractivity contribution is -0.115. The van der Waals surface area contributed by atoms with Crippen LogP contribution in [0.15, 0.2) is 41.8 Å². The average molecular weight is 475 g/mol. The predicted molar refractivity (Wildman–Crippen MR) is 119 cm³/mol. The average Bonchev–Trinajstić information content (AvgIpc) is 3.24. The van der Waals surface area contributed by atoms with Gasteiger partial charge in [-0.05, 0) is 24.3 Å². The Bertz CT molecular complexity index is 1150. The van der Waals surface area contributed by atoms with Crippen LogP contribution in [0.4, 0.5) is 5.69 Å². The molecule has 0 spiro atoms. The van der Waals surface area contributed by atoms with E-state index in [2.05, 4.69) is 10.3 Å². The van der Waals surface area contributed by atoms with Crippen LogP contribution in [0, 0.1) is 0 Å². The highest BCUT2D eigenvalue weighted by molar-refractivity contribution is 7.09. The van der Waals surface area contributed by atoms with Crippen LogP contribution in [-0.2, 0) is 22.6 Å². The summed E-state index contributed by atoms with van der Waals surface area (Å²) in [6.45, 7) is 0.753. The largest absolute Gasteiger partial charge is 0.495 e. The predicted octanol–water partition coefficient (Wildman–Crippen LogP) is 4.11. The molecule has 4 rings (SSSR count). The number of amides is 1. The standard InChI is InChI=1S/C22H19ClN2O6S/c1-28-17-5-3-2-4-16(17)25-19(26)10-20-24-14(12-32-20)11-31-22(27)13-8-15(23)21-18(9-13)29-6-7-30-21/h2-5,8-9,12H,6-7,10-11H2,1H3,(H,25,26). The molecule has 3 aromatic rings. The lowest BCUT2D eigenvalue weighted by atomic mass is 10.2. The van der Waals surface area contributed by atoms with E-state index < -0.39 is 5.97 Å². The normalized spacial score (nSPS) is 12.2. The SMILES string of the molecule is COc1ccccc1NC(=O)Cc1nc(COC(=O)c2cc(Cl)c3c(c2)OCCO3)cs1. The molecule has 0 bridgehead atoms. The van der Waals surface area contributed by atoms with E-state index >= 15 is 0 Å². The van der Waals surface area contributed by atoms with Crippen LogP contribution < -0.4 is 19.5 Å². The first-order chi connectivity index (χ1) is 15.5. The number of hydrogen-bond acceptors (Lipinski definition) is 8. The number of ether oxygens (including phenoxy) is 4. The number of carbonyl (C=O) groups excluding carboxylic acids is 2. The van der Waals surface area contributed by atoms with Gasteiger partial charge in [-0.2, -0.15) is 0 Å². The summed E-state index contributed by atoms with van der Waals surface area (Å²) < 4.78 is 21.5. The minimum atomic E-state index is -0.563. The summed E-state index contributed by atoms with van der Waals surface area (Å²) >= 11 is 7.48. The Hall–Kier alpha value is -3.30. The molecule has 0 unspecified atom stereocenters. The van der Waals surface area contributed by atoms with Gasteiger partial charge in [0, 0.05) is 5.38 Å². The van der Waals surface area contributed by atoms with E-state index in [1.807, 2.05) is 12.1 Å². The maximum Gasteiger partial charge on any atom is 0.338 e. The fraction of sp³-hybridized carbons (Fsp3) is 0.227. The third-order valence-electron chi connectivity index (χ3n) is 4.48. The summed E-state index contributed by atoms with van der Waals surface area (Å²) in [5.74, 6) is 0.621. The van der Waals surface area contributed by atoms with Gasteiger partial charge in [-0.25, -0.2) is 9.78 Å². The molecule has 0 atom stereocenters. The zero-order valence-electron chi connectivity index (χ0n) is 17.1. The van der Waals surface area contributed by atoms with Crippen molar-refractivity contribution in [2.24, 2.45) is 0 Å². The van der Waals surface area contributed by atoms with Gasteiger partial charge in [0.15, 0.2) is 11.5 Å². The molecule has 0 fully saturated rings. The van der Waals surface area contributed by atoms with Crippen molar-refractivity contribution < 1.29 is 28.5 Å². The Labute approximate surface area is 193 Å². The summed E-state index contributed by atoms with van der Waals surface area (Å²) in [6, 6.07) is 10.2. The molecule has 32 heavy (non-hydrogen) atoms. The first-order valence-corrected chi connectivity index (χ1v) is 10.9. The highest BCUT2D eigenvalue weighted by atomic mass is 35.5. The van der Waals surface area contributed by atoms with Crippen LogP contribution in [0.2, 0.25) is 5.02 Å². The zero-order valence-corrected chi connectivity index (χ0v) is 18.6. The number of fused-ring (bicyclic) bond motifs is 1. The lowest BCUT2D eigenvalue weighted by Crippen LogP contribution is -2.16. The van der Waals surface area contributed by atoms with Gasteiger partial charge in [-0.15, -0.1) is 11.3 Å². The Balaban J connectivity index is 1.33. The monoisotopic (exact) mass is 474 g/mol. The van der Waals surface area contributed by atoms with E-state index in [0.717, 1.165) is 0 Å². The third kappa shape index (κ3) is 5.12. The fourth-order valence-electron chi connectivity index (χ4n) is 3.03. The molecule has 2 heterocycles. The number of para-hydroxylation sites is 2. The first kappa shape index (κ1) is 21.9. The highest BCUT2D eigenvalue weighted by Gasteiger charge is 2.20. The third-order valence-corrected chi connectivity index (χ3v) is 5.65. The Morgan fingerprint density at radius 2 is 2.03 bits per heavy atom. The van der Waals surface area contributed by atoms with Crippen molar-refractivity contribution in [2.75, 3.05) is 25.6 Å². The second-order valence-electron chi connectivity index (χ2n) is 6.72. The number of nitrogens with one attached hydrogen (secondary N) is 1. The van der Waals surface area contributed by atoms with Crippen LogP contribution in [0.1, 0.15) is 21.1 Å². The second-order valence-corrected chi connectivity index (χ2v) is 8.07. The van der Waals surface area contributed by atoms with Gasteiger partial charge in [0.1, 0.15) is 30.6 Å². The molecule has 1 amide bonds. The minimum Gasteiger partial charge on any atom is -0.495 e. The Kier molecular flexibility index (Phi) is 6.77. The van der Waals surface area contributed by atoms with E-state index in [9.17, 15) is 9.59 Å². The number of carbonyl (C=O) groups is 2. The van der Waals surface area contributed by atoms with Gasteiger partial charge in [-0.1, -0.05) is 23.7 Å². The summed E-state index contributed by atoms with van der Waals surface area (Å²) in [7, 11) is 1.54. The topological polar surface area (TPSA) is 96.0 Å². The number of esters is 1. The van der Waals surface area contributed by atoms with Crippen LogP contribution in [-0.4, -0.2) is 37.2 Å².